The molecule has 4 nitrogen and oxygen atoms in total. The number of fused-ring (bicyclic) bond motifs is 1. The summed E-state index contributed by atoms with van der Waals surface area (Å²) in [6.07, 6.45) is 0. The Bertz CT molecular complexity index is 595. The normalized spacial score (nSPS) is 10.1. The van der Waals surface area contributed by atoms with Crippen molar-refractivity contribution in [1.82, 2.24) is 4.98 Å². The van der Waals surface area contributed by atoms with E-state index in [1.54, 1.807) is 12.1 Å². The van der Waals surface area contributed by atoms with Crippen molar-refractivity contribution in [3.05, 3.63) is 33.9 Å². The molecule has 0 saturated carbocycles. The van der Waals surface area contributed by atoms with Crippen molar-refractivity contribution < 1.29 is 9.90 Å². The molecule has 5 heteroatoms. The molecule has 0 atom stereocenters. The number of rotatable bonds is 1. The Hall–Kier alpha value is -1.80. The number of benzene rings is 1. The average molecular weight is 265 g/mol. The van der Waals surface area contributed by atoms with Crippen LogP contribution in [0.4, 0.5) is 0 Å². The maximum absolute atomic E-state index is 10.7. The van der Waals surface area contributed by atoms with E-state index in [9.17, 15) is 4.79 Å². The summed E-state index contributed by atoms with van der Waals surface area (Å²) in [6, 6.07) is 6.80. The van der Waals surface area contributed by atoms with Crippen LogP contribution in [0.25, 0.3) is 10.9 Å². The maximum atomic E-state index is 10.7. The van der Waals surface area contributed by atoms with E-state index < -0.39 is 5.97 Å². The summed E-state index contributed by atoms with van der Waals surface area (Å²) < 4.78 is 0.684. The van der Waals surface area contributed by atoms with Gasteiger partial charge in [0.2, 0.25) is 0 Å². The van der Waals surface area contributed by atoms with Crippen molar-refractivity contribution in [1.29, 1.82) is 5.26 Å². The van der Waals surface area contributed by atoms with Crippen LogP contribution in [0.2, 0.25) is 0 Å². The summed E-state index contributed by atoms with van der Waals surface area (Å²) in [6.45, 7) is 0. The topological polar surface area (TPSA) is 76.9 Å². The third kappa shape index (κ3) is 1.60. The van der Waals surface area contributed by atoms with Crippen LogP contribution >= 0.6 is 15.9 Å². The highest BCUT2D eigenvalue weighted by Gasteiger charge is 2.10. The smallest absolute Gasteiger partial charge is 0.352 e. The zero-order valence-electron chi connectivity index (χ0n) is 7.41. The number of nitriles is 1. The number of hydrogen-bond donors (Lipinski definition) is 2. The van der Waals surface area contributed by atoms with Crippen LogP contribution < -0.4 is 0 Å². The molecule has 0 bridgehead atoms. The predicted molar refractivity (Wildman–Crippen MR) is 57.7 cm³/mol. The van der Waals surface area contributed by atoms with Crippen LogP contribution in [0.1, 0.15) is 16.1 Å². The molecular weight excluding hydrogens is 260 g/mol. The van der Waals surface area contributed by atoms with E-state index >= 15 is 0 Å². The van der Waals surface area contributed by atoms with E-state index in [0.717, 1.165) is 0 Å². The lowest BCUT2D eigenvalue weighted by molar-refractivity contribution is 0.0691. The van der Waals surface area contributed by atoms with E-state index in [-0.39, 0.29) is 5.69 Å². The van der Waals surface area contributed by atoms with E-state index in [0.29, 0.717) is 20.9 Å². The summed E-state index contributed by atoms with van der Waals surface area (Å²) in [5.41, 5.74) is 1.29. The molecule has 0 saturated heterocycles. The maximum Gasteiger partial charge on any atom is 0.352 e. The van der Waals surface area contributed by atoms with Crippen molar-refractivity contribution in [2.75, 3.05) is 0 Å². The number of carboxylic acids is 1. The molecule has 1 heterocycles. The lowest BCUT2D eigenvalue weighted by Gasteiger charge is -1.94. The van der Waals surface area contributed by atoms with Gasteiger partial charge in [-0.3, -0.25) is 0 Å². The van der Waals surface area contributed by atoms with Gasteiger partial charge in [-0.05, 0) is 34.1 Å². The Morgan fingerprint density at radius 2 is 2.20 bits per heavy atom. The second-order valence-corrected chi connectivity index (χ2v) is 3.88. The Kier molecular flexibility index (Phi) is 2.21. The van der Waals surface area contributed by atoms with Gasteiger partial charge in [-0.2, -0.15) is 5.26 Å². The fraction of sp³-hybridized carbons (Fsp3) is 0. The number of halogens is 1. The van der Waals surface area contributed by atoms with Gasteiger partial charge in [0.15, 0.2) is 0 Å². The van der Waals surface area contributed by atoms with Crippen LogP contribution in [-0.4, -0.2) is 16.1 Å². The van der Waals surface area contributed by atoms with Gasteiger partial charge in [0, 0.05) is 9.86 Å². The minimum Gasteiger partial charge on any atom is -0.477 e. The third-order valence-corrected chi connectivity index (χ3v) is 2.67. The van der Waals surface area contributed by atoms with Crippen LogP contribution in [0.3, 0.4) is 0 Å². The zero-order chi connectivity index (χ0) is 11.0. The number of aromatic amines is 1. The number of aromatic nitrogens is 1. The first-order chi connectivity index (χ1) is 7.11. The van der Waals surface area contributed by atoms with Crippen molar-refractivity contribution in [3.63, 3.8) is 0 Å². The molecule has 2 rings (SSSR count). The molecule has 0 fully saturated rings. The van der Waals surface area contributed by atoms with Gasteiger partial charge in [-0.25, -0.2) is 4.79 Å². The lowest BCUT2D eigenvalue weighted by Crippen LogP contribution is -1.94. The quantitative estimate of drug-likeness (QED) is 0.831. The summed E-state index contributed by atoms with van der Waals surface area (Å²) in [4.78, 5) is 13.5. The Morgan fingerprint density at radius 3 is 2.80 bits per heavy atom. The first-order valence-corrected chi connectivity index (χ1v) is 4.87. The molecule has 2 aromatic rings. The molecule has 0 radical (unpaired) electrons. The molecule has 74 valence electrons. The Morgan fingerprint density at radius 1 is 1.47 bits per heavy atom. The molecule has 0 amide bonds. The van der Waals surface area contributed by atoms with Crippen LogP contribution in [0.5, 0.6) is 0 Å². The summed E-state index contributed by atoms with van der Waals surface area (Å²) in [5, 5.41) is 18.2. The molecular formula is C10H5BrN2O2. The van der Waals surface area contributed by atoms with Crippen molar-refractivity contribution >= 4 is 32.8 Å². The van der Waals surface area contributed by atoms with Crippen LogP contribution in [-0.2, 0) is 0 Å². The lowest BCUT2D eigenvalue weighted by atomic mass is 10.2. The monoisotopic (exact) mass is 264 g/mol. The number of carboxylic acid groups (broad SMARTS) is 1. The predicted octanol–water partition coefficient (Wildman–Crippen LogP) is 2.50. The SMILES string of the molecule is N#Cc1cc(Br)c2[nH]c(C(=O)O)cc2c1. The molecule has 1 aromatic carbocycles. The Balaban J connectivity index is 2.76. The summed E-state index contributed by atoms with van der Waals surface area (Å²) in [5.74, 6) is -1.02. The van der Waals surface area contributed by atoms with Crippen molar-refractivity contribution in [2.24, 2.45) is 0 Å². The number of carbonyl (C=O) groups is 1. The van der Waals surface area contributed by atoms with Crippen LogP contribution in [0, 0.1) is 11.3 Å². The largest absolute Gasteiger partial charge is 0.477 e. The molecule has 15 heavy (non-hydrogen) atoms. The number of H-pyrrole nitrogens is 1. The highest BCUT2D eigenvalue weighted by Crippen LogP contribution is 2.25. The minimum atomic E-state index is -1.02. The van der Waals surface area contributed by atoms with Gasteiger partial charge >= 0.3 is 5.97 Å². The molecule has 1 aromatic heterocycles. The highest BCUT2D eigenvalue weighted by molar-refractivity contribution is 9.10. The number of hydrogen-bond acceptors (Lipinski definition) is 2. The molecule has 0 aliphatic heterocycles. The van der Waals surface area contributed by atoms with E-state index in [1.165, 1.54) is 6.07 Å². The van der Waals surface area contributed by atoms with Gasteiger partial charge in [-0.1, -0.05) is 0 Å². The van der Waals surface area contributed by atoms with E-state index in [1.807, 2.05) is 6.07 Å². The first-order valence-electron chi connectivity index (χ1n) is 4.07. The molecule has 2 N–H and O–H groups in total. The van der Waals surface area contributed by atoms with E-state index in [4.69, 9.17) is 10.4 Å². The van der Waals surface area contributed by atoms with Gasteiger partial charge in [-0.15, -0.1) is 0 Å². The van der Waals surface area contributed by atoms with E-state index in [2.05, 4.69) is 20.9 Å². The molecule has 0 spiro atoms. The second-order valence-electron chi connectivity index (χ2n) is 3.02. The standard InChI is InChI=1S/C10H5BrN2O2/c11-7-2-5(4-12)1-6-3-8(10(14)15)13-9(6)7/h1-3,13H,(H,14,15). The summed E-state index contributed by atoms with van der Waals surface area (Å²) in [7, 11) is 0. The third-order valence-electron chi connectivity index (χ3n) is 2.04. The Labute approximate surface area is 93.3 Å². The molecule has 0 unspecified atom stereocenters. The average Bonchev–Trinajstić information content (AvgIpc) is 2.61. The van der Waals surface area contributed by atoms with Gasteiger partial charge in [0.25, 0.3) is 0 Å². The zero-order valence-corrected chi connectivity index (χ0v) is 9.00. The molecule has 0 aliphatic rings. The van der Waals surface area contributed by atoms with Crippen molar-refractivity contribution in [2.45, 2.75) is 0 Å². The molecule has 0 aliphatic carbocycles. The summed E-state index contributed by atoms with van der Waals surface area (Å²) >= 11 is 3.28. The number of nitrogens with zero attached hydrogens (tertiary/aromatic N) is 1. The minimum absolute atomic E-state index is 0.112. The highest BCUT2D eigenvalue weighted by atomic mass is 79.9. The second kappa shape index (κ2) is 3.41. The van der Waals surface area contributed by atoms with Crippen molar-refractivity contribution in [3.8, 4) is 6.07 Å². The van der Waals surface area contributed by atoms with Gasteiger partial charge in [0.05, 0.1) is 17.1 Å². The van der Waals surface area contributed by atoms with Gasteiger partial charge in [0.1, 0.15) is 5.69 Å². The fourth-order valence-electron chi connectivity index (χ4n) is 1.38. The number of aromatic carboxylic acids is 1. The van der Waals surface area contributed by atoms with Crippen LogP contribution in [0.15, 0.2) is 22.7 Å². The number of nitrogens with one attached hydrogen (secondary N) is 1. The first kappa shape index (κ1) is 9.74. The van der Waals surface area contributed by atoms with Gasteiger partial charge < -0.3 is 10.1 Å². The fourth-order valence-corrected chi connectivity index (χ4v) is 1.95.